The van der Waals surface area contributed by atoms with Gasteiger partial charge in [0.25, 0.3) is 0 Å². The number of nitrogens with one attached hydrogen (secondary N) is 1. The first-order chi connectivity index (χ1) is 12.1. The van der Waals surface area contributed by atoms with E-state index in [0.29, 0.717) is 31.2 Å². The van der Waals surface area contributed by atoms with E-state index in [0.717, 1.165) is 16.9 Å². The second-order valence-corrected chi connectivity index (χ2v) is 6.29. The van der Waals surface area contributed by atoms with Crippen LogP contribution in [0.1, 0.15) is 25.1 Å². The minimum absolute atomic E-state index is 0.131. The molecule has 3 aromatic rings. The Labute approximate surface area is 144 Å². The van der Waals surface area contributed by atoms with Gasteiger partial charge in [-0.25, -0.2) is 4.98 Å². The molecular formula is C17H18N6O2. The lowest BCUT2D eigenvalue weighted by atomic mass is 9.97. The van der Waals surface area contributed by atoms with E-state index >= 15 is 0 Å². The van der Waals surface area contributed by atoms with E-state index in [2.05, 4.69) is 30.3 Å². The van der Waals surface area contributed by atoms with Crippen molar-refractivity contribution < 1.29 is 9.32 Å². The zero-order valence-electron chi connectivity index (χ0n) is 14.1. The summed E-state index contributed by atoms with van der Waals surface area (Å²) in [6.07, 6.45) is 2.42. The van der Waals surface area contributed by atoms with Crippen molar-refractivity contribution in [1.82, 2.24) is 25.4 Å². The van der Waals surface area contributed by atoms with Crippen molar-refractivity contribution in [2.75, 3.05) is 18.0 Å². The summed E-state index contributed by atoms with van der Waals surface area (Å²) in [5, 5.41) is 7.05. The number of nitrogens with zero attached hydrogens (tertiary/aromatic N) is 5. The second-order valence-electron chi connectivity index (χ2n) is 6.29. The maximum absolute atomic E-state index is 11.8. The summed E-state index contributed by atoms with van der Waals surface area (Å²) in [7, 11) is 0. The predicted molar refractivity (Wildman–Crippen MR) is 90.9 cm³/mol. The molecular weight excluding hydrogens is 320 g/mol. The van der Waals surface area contributed by atoms with Gasteiger partial charge in [0.1, 0.15) is 11.4 Å². The Bertz CT molecular complexity index is 940. The van der Waals surface area contributed by atoms with Gasteiger partial charge in [-0.1, -0.05) is 17.3 Å². The molecule has 0 radical (unpaired) electrons. The Balaban J connectivity index is 1.67. The standard InChI is InChI=1S/C17H18N6O2/c1-11(24)21-17(16-19-12(2)25-22-16)7-8-23(10-17)15-9-18-13-5-3-4-6-14(13)20-15/h3-6,9H,7-8,10H2,1-2H3,(H,21,24)/t17-/m1/s1. The van der Waals surface area contributed by atoms with Gasteiger partial charge in [0.05, 0.1) is 23.8 Å². The molecule has 1 aliphatic heterocycles. The highest BCUT2D eigenvalue weighted by atomic mass is 16.5. The van der Waals surface area contributed by atoms with Crippen LogP contribution in [0.5, 0.6) is 0 Å². The van der Waals surface area contributed by atoms with Gasteiger partial charge in [-0.05, 0) is 18.6 Å². The van der Waals surface area contributed by atoms with Gasteiger partial charge in [0.2, 0.25) is 11.8 Å². The van der Waals surface area contributed by atoms with Crippen LogP contribution in [0.3, 0.4) is 0 Å². The fourth-order valence-electron chi connectivity index (χ4n) is 3.28. The molecule has 0 spiro atoms. The van der Waals surface area contributed by atoms with Gasteiger partial charge >= 0.3 is 0 Å². The van der Waals surface area contributed by atoms with Gasteiger partial charge < -0.3 is 14.7 Å². The normalized spacial score (nSPS) is 20.2. The lowest BCUT2D eigenvalue weighted by Crippen LogP contribution is -2.48. The third kappa shape index (κ3) is 2.79. The largest absolute Gasteiger partial charge is 0.352 e. The number of aryl methyl sites for hydroxylation is 1. The first-order valence-corrected chi connectivity index (χ1v) is 8.12. The Morgan fingerprint density at radius 1 is 1.28 bits per heavy atom. The van der Waals surface area contributed by atoms with Crippen LogP contribution in [0.4, 0.5) is 5.82 Å². The van der Waals surface area contributed by atoms with Crippen molar-refractivity contribution in [3.63, 3.8) is 0 Å². The fourth-order valence-corrected chi connectivity index (χ4v) is 3.28. The van der Waals surface area contributed by atoms with Gasteiger partial charge in [-0.2, -0.15) is 4.98 Å². The molecule has 0 saturated carbocycles. The Kier molecular flexibility index (Phi) is 3.60. The van der Waals surface area contributed by atoms with E-state index in [4.69, 9.17) is 4.52 Å². The summed E-state index contributed by atoms with van der Waals surface area (Å²) < 4.78 is 5.12. The number of benzene rings is 1. The summed E-state index contributed by atoms with van der Waals surface area (Å²) in [6.45, 7) is 4.45. The minimum Gasteiger partial charge on any atom is -0.352 e. The fraction of sp³-hybridized carbons (Fsp3) is 0.353. The molecule has 1 N–H and O–H groups in total. The van der Waals surface area contributed by atoms with Crippen molar-refractivity contribution in [3.05, 3.63) is 42.2 Å². The van der Waals surface area contributed by atoms with E-state index in [1.54, 1.807) is 13.1 Å². The lowest BCUT2D eigenvalue weighted by molar-refractivity contribution is -0.120. The molecule has 0 bridgehead atoms. The molecule has 1 atom stereocenters. The molecule has 0 aliphatic carbocycles. The van der Waals surface area contributed by atoms with Crippen molar-refractivity contribution in [2.24, 2.45) is 0 Å². The number of rotatable bonds is 3. The van der Waals surface area contributed by atoms with Crippen LogP contribution in [0.15, 0.2) is 35.0 Å². The number of anilines is 1. The molecule has 0 unspecified atom stereocenters. The Morgan fingerprint density at radius 3 is 2.80 bits per heavy atom. The summed E-state index contributed by atoms with van der Waals surface area (Å²) in [4.78, 5) is 27.3. The summed E-state index contributed by atoms with van der Waals surface area (Å²) in [5.74, 6) is 1.61. The summed E-state index contributed by atoms with van der Waals surface area (Å²) >= 11 is 0. The van der Waals surface area contributed by atoms with Crippen LogP contribution >= 0.6 is 0 Å². The third-order valence-corrected chi connectivity index (χ3v) is 4.40. The monoisotopic (exact) mass is 338 g/mol. The average Bonchev–Trinajstić information content (AvgIpc) is 3.21. The molecule has 8 heteroatoms. The molecule has 1 saturated heterocycles. The van der Waals surface area contributed by atoms with E-state index in [1.165, 1.54) is 6.92 Å². The van der Waals surface area contributed by atoms with Crippen LogP contribution in [-0.4, -0.2) is 39.1 Å². The molecule has 4 rings (SSSR count). The van der Waals surface area contributed by atoms with Crippen LogP contribution in [0.2, 0.25) is 0 Å². The summed E-state index contributed by atoms with van der Waals surface area (Å²) in [5.41, 5.74) is 1.01. The molecule has 1 aliphatic rings. The van der Waals surface area contributed by atoms with E-state index in [9.17, 15) is 4.79 Å². The number of amides is 1. The van der Waals surface area contributed by atoms with Gasteiger partial charge in [-0.3, -0.25) is 9.78 Å². The summed E-state index contributed by atoms with van der Waals surface area (Å²) in [6, 6.07) is 7.74. The molecule has 3 heterocycles. The molecule has 1 amide bonds. The van der Waals surface area contributed by atoms with Crippen molar-refractivity contribution in [2.45, 2.75) is 25.8 Å². The number of fused-ring (bicyclic) bond motifs is 1. The number of aromatic nitrogens is 4. The molecule has 8 nitrogen and oxygen atoms in total. The zero-order chi connectivity index (χ0) is 17.4. The maximum Gasteiger partial charge on any atom is 0.223 e. The second kappa shape index (κ2) is 5.80. The van der Waals surface area contributed by atoms with Gasteiger partial charge in [0, 0.05) is 20.4 Å². The van der Waals surface area contributed by atoms with Crippen LogP contribution in [0, 0.1) is 6.92 Å². The first-order valence-electron chi connectivity index (χ1n) is 8.12. The van der Waals surface area contributed by atoms with Crippen molar-refractivity contribution in [1.29, 1.82) is 0 Å². The van der Waals surface area contributed by atoms with Crippen LogP contribution in [0.25, 0.3) is 11.0 Å². The highest BCUT2D eigenvalue weighted by Gasteiger charge is 2.44. The Hall–Kier alpha value is -3.03. The average molecular weight is 338 g/mol. The smallest absolute Gasteiger partial charge is 0.223 e. The van der Waals surface area contributed by atoms with Gasteiger partial charge in [0.15, 0.2) is 5.82 Å². The van der Waals surface area contributed by atoms with Crippen molar-refractivity contribution >= 4 is 22.8 Å². The number of carbonyl (C=O) groups is 1. The lowest BCUT2D eigenvalue weighted by Gasteiger charge is -2.27. The quantitative estimate of drug-likeness (QED) is 0.774. The number of hydrogen-bond acceptors (Lipinski definition) is 7. The number of hydrogen-bond donors (Lipinski definition) is 1. The number of para-hydroxylation sites is 2. The predicted octanol–water partition coefficient (Wildman–Crippen LogP) is 1.56. The molecule has 128 valence electrons. The first kappa shape index (κ1) is 15.5. The van der Waals surface area contributed by atoms with Crippen LogP contribution in [-0.2, 0) is 10.3 Å². The number of carbonyl (C=O) groups excluding carboxylic acids is 1. The van der Waals surface area contributed by atoms with Crippen LogP contribution < -0.4 is 10.2 Å². The van der Waals surface area contributed by atoms with E-state index < -0.39 is 5.54 Å². The van der Waals surface area contributed by atoms with Gasteiger partial charge in [-0.15, -0.1) is 0 Å². The molecule has 2 aromatic heterocycles. The minimum atomic E-state index is -0.684. The molecule has 1 aromatic carbocycles. The topological polar surface area (TPSA) is 97.0 Å². The van der Waals surface area contributed by atoms with E-state index in [1.807, 2.05) is 24.3 Å². The maximum atomic E-state index is 11.8. The SMILES string of the molecule is CC(=O)N[C@]1(c2noc(C)n2)CCN(c2cnc3ccccc3n2)C1. The highest BCUT2D eigenvalue weighted by Crippen LogP contribution is 2.33. The Morgan fingerprint density at radius 2 is 2.08 bits per heavy atom. The molecule has 25 heavy (non-hydrogen) atoms. The molecule has 1 fully saturated rings. The highest BCUT2D eigenvalue weighted by molar-refractivity contribution is 5.76. The van der Waals surface area contributed by atoms with E-state index in [-0.39, 0.29) is 5.91 Å². The third-order valence-electron chi connectivity index (χ3n) is 4.40. The zero-order valence-corrected chi connectivity index (χ0v) is 14.1. The van der Waals surface area contributed by atoms with Crippen molar-refractivity contribution in [3.8, 4) is 0 Å².